The average Bonchev–Trinajstić information content (AvgIpc) is 3.10. The second-order valence-electron chi connectivity index (χ2n) is 5.34. The van der Waals surface area contributed by atoms with Gasteiger partial charge in [0.05, 0.1) is 17.8 Å². The van der Waals surface area contributed by atoms with E-state index in [1.807, 2.05) is 0 Å². The van der Waals surface area contributed by atoms with Crippen LogP contribution in [0.1, 0.15) is 11.4 Å². The second kappa shape index (κ2) is 7.62. The number of aromatic amines is 1. The van der Waals surface area contributed by atoms with Gasteiger partial charge in [0, 0.05) is 23.0 Å². The van der Waals surface area contributed by atoms with Crippen LogP contribution in [0.15, 0.2) is 42.7 Å². The maximum atomic E-state index is 13.0. The summed E-state index contributed by atoms with van der Waals surface area (Å²) < 4.78 is 39.1. The molecule has 0 bridgehead atoms. The van der Waals surface area contributed by atoms with Crippen molar-refractivity contribution < 1.29 is 18.0 Å². The van der Waals surface area contributed by atoms with Crippen LogP contribution in [0.5, 0.6) is 0 Å². The third-order valence-corrected chi connectivity index (χ3v) is 3.66. The van der Waals surface area contributed by atoms with Gasteiger partial charge in [-0.2, -0.15) is 18.3 Å². The predicted molar refractivity (Wildman–Crippen MR) is 91.9 cm³/mol. The largest absolute Gasteiger partial charge is 0.418 e. The highest BCUT2D eigenvalue weighted by molar-refractivity contribution is 6.30. The number of H-pyrrole nitrogens is 1. The molecule has 0 aliphatic carbocycles. The van der Waals surface area contributed by atoms with Crippen LogP contribution in [0.3, 0.4) is 0 Å². The summed E-state index contributed by atoms with van der Waals surface area (Å²) >= 11 is 5.60. The quantitative estimate of drug-likeness (QED) is 0.624. The first-order chi connectivity index (χ1) is 12.8. The van der Waals surface area contributed by atoms with E-state index < -0.39 is 23.5 Å². The van der Waals surface area contributed by atoms with E-state index in [2.05, 4.69) is 30.8 Å². The molecule has 0 spiro atoms. The van der Waals surface area contributed by atoms with Crippen LogP contribution < -0.4 is 10.6 Å². The number of amides is 2. The molecule has 1 aromatic carbocycles. The zero-order chi connectivity index (χ0) is 19.4. The lowest BCUT2D eigenvalue weighted by atomic mass is 10.1. The number of rotatable bonds is 4. The van der Waals surface area contributed by atoms with Crippen molar-refractivity contribution in [2.75, 3.05) is 5.32 Å². The van der Waals surface area contributed by atoms with Crippen LogP contribution >= 0.6 is 11.6 Å². The van der Waals surface area contributed by atoms with Crippen molar-refractivity contribution in [1.82, 2.24) is 25.5 Å². The number of hydrogen-bond acceptors (Lipinski definition) is 4. The lowest BCUT2D eigenvalue weighted by molar-refractivity contribution is -0.136. The number of aromatic nitrogens is 4. The Labute approximate surface area is 156 Å². The van der Waals surface area contributed by atoms with Gasteiger partial charge in [-0.15, -0.1) is 0 Å². The molecule has 3 N–H and O–H groups in total. The van der Waals surface area contributed by atoms with Crippen molar-refractivity contribution in [3.63, 3.8) is 0 Å². The third kappa shape index (κ3) is 4.73. The smallest absolute Gasteiger partial charge is 0.331 e. The molecule has 2 amide bonds. The molecule has 3 aromatic rings. The van der Waals surface area contributed by atoms with Gasteiger partial charge in [-0.3, -0.25) is 10.1 Å². The SMILES string of the molecule is O=C(NCc1nc(-c2ccncc2)n[nH]1)Nc1ccc(Cl)cc1C(F)(F)F. The predicted octanol–water partition coefficient (Wildman–Crippen LogP) is 3.86. The molecule has 0 aliphatic heterocycles. The monoisotopic (exact) mass is 396 g/mol. The van der Waals surface area contributed by atoms with Gasteiger partial charge in [0.15, 0.2) is 5.82 Å². The first-order valence-electron chi connectivity index (χ1n) is 7.56. The van der Waals surface area contributed by atoms with Gasteiger partial charge in [0.25, 0.3) is 0 Å². The van der Waals surface area contributed by atoms with Crippen LogP contribution in [-0.4, -0.2) is 26.2 Å². The number of alkyl halides is 3. The summed E-state index contributed by atoms with van der Waals surface area (Å²) in [6.07, 6.45) is -1.49. The molecule has 0 unspecified atom stereocenters. The number of hydrogen-bond donors (Lipinski definition) is 3. The minimum absolute atomic E-state index is 0.0567. The Morgan fingerprint density at radius 2 is 1.93 bits per heavy atom. The number of benzene rings is 1. The minimum atomic E-state index is -4.65. The van der Waals surface area contributed by atoms with E-state index in [0.29, 0.717) is 11.6 Å². The van der Waals surface area contributed by atoms with Crippen LogP contribution in [-0.2, 0) is 12.7 Å². The lowest BCUT2D eigenvalue weighted by Crippen LogP contribution is -2.29. The van der Waals surface area contributed by atoms with Gasteiger partial charge >= 0.3 is 12.2 Å². The van der Waals surface area contributed by atoms with E-state index in [4.69, 9.17) is 11.6 Å². The molecule has 3 rings (SSSR count). The van der Waals surface area contributed by atoms with Crippen LogP contribution in [0.4, 0.5) is 23.7 Å². The molecule has 0 fully saturated rings. The van der Waals surface area contributed by atoms with Crippen molar-refractivity contribution in [1.29, 1.82) is 0 Å². The van der Waals surface area contributed by atoms with Gasteiger partial charge in [-0.1, -0.05) is 11.6 Å². The first kappa shape index (κ1) is 18.6. The molecule has 11 heteroatoms. The van der Waals surface area contributed by atoms with Gasteiger partial charge in [-0.05, 0) is 30.3 Å². The van der Waals surface area contributed by atoms with Crippen molar-refractivity contribution in [3.8, 4) is 11.4 Å². The third-order valence-electron chi connectivity index (χ3n) is 3.42. The van der Waals surface area contributed by atoms with Crippen molar-refractivity contribution >= 4 is 23.3 Å². The first-order valence-corrected chi connectivity index (χ1v) is 7.94. The summed E-state index contributed by atoms with van der Waals surface area (Å²) in [4.78, 5) is 20.0. The van der Waals surface area contributed by atoms with Crippen LogP contribution in [0.25, 0.3) is 11.4 Å². The maximum absolute atomic E-state index is 13.0. The van der Waals surface area contributed by atoms with Crippen molar-refractivity contribution in [2.24, 2.45) is 0 Å². The summed E-state index contributed by atoms with van der Waals surface area (Å²) in [5.41, 5.74) is -0.711. The fraction of sp³-hybridized carbons (Fsp3) is 0.125. The number of carbonyl (C=O) groups is 1. The van der Waals surface area contributed by atoms with Gasteiger partial charge < -0.3 is 10.6 Å². The van der Waals surface area contributed by atoms with E-state index in [9.17, 15) is 18.0 Å². The maximum Gasteiger partial charge on any atom is 0.418 e. The highest BCUT2D eigenvalue weighted by Crippen LogP contribution is 2.36. The number of carbonyl (C=O) groups excluding carboxylic acids is 1. The molecular formula is C16H12ClF3N6O. The molecule has 140 valence electrons. The Balaban J connectivity index is 1.64. The number of pyridine rings is 1. The summed E-state index contributed by atoms with van der Waals surface area (Å²) in [6.45, 7) is -0.0567. The number of urea groups is 1. The average molecular weight is 397 g/mol. The van der Waals surface area contributed by atoms with E-state index in [0.717, 1.165) is 17.7 Å². The van der Waals surface area contributed by atoms with E-state index >= 15 is 0 Å². The highest BCUT2D eigenvalue weighted by Gasteiger charge is 2.34. The zero-order valence-electron chi connectivity index (χ0n) is 13.5. The molecule has 2 heterocycles. The Morgan fingerprint density at radius 1 is 1.19 bits per heavy atom. The summed E-state index contributed by atoms with van der Waals surface area (Å²) in [7, 11) is 0. The zero-order valence-corrected chi connectivity index (χ0v) is 14.3. The summed E-state index contributed by atoms with van der Waals surface area (Å²) in [6, 6.07) is 5.68. The number of nitrogens with zero attached hydrogens (tertiary/aromatic N) is 3. The van der Waals surface area contributed by atoms with Crippen molar-refractivity contribution in [3.05, 3.63) is 59.1 Å². The lowest BCUT2D eigenvalue weighted by Gasteiger charge is -2.14. The number of anilines is 1. The van der Waals surface area contributed by atoms with Crippen LogP contribution in [0, 0.1) is 0 Å². The van der Waals surface area contributed by atoms with Gasteiger partial charge in [0.2, 0.25) is 0 Å². The van der Waals surface area contributed by atoms with E-state index in [1.54, 1.807) is 24.5 Å². The van der Waals surface area contributed by atoms with E-state index in [1.165, 1.54) is 6.07 Å². The molecule has 0 aliphatic rings. The number of nitrogens with one attached hydrogen (secondary N) is 3. The minimum Gasteiger partial charge on any atom is -0.331 e. The molecular weight excluding hydrogens is 385 g/mol. The van der Waals surface area contributed by atoms with Crippen molar-refractivity contribution in [2.45, 2.75) is 12.7 Å². The molecule has 2 aromatic heterocycles. The molecule has 27 heavy (non-hydrogen) atoms. The summed E-state index contributed by atoms with van der Waals surface area (Å²) in [5.74, 6) is 0.746. The Morgan fingerprint density at radius 3 is 2.63 bits per heavy atom. The fourth-order valence-electron chi connectivity index (χ4n) is 2.19. The van der Waals surface area contributed by atoms with E-state index in [-0.39, 0.29) is 11.6 Å². The molecule has 0 atom stereocenters. The standard InChI is InChI=1S/C16H12ClF3N6O/c17-10-1-2-12(11(7-10)16(18,19)20)23-15(27)22-8-13-24-14(26-25-13)9-3-5-21-6-4-9/h1-7H,8H2,(H2,22,23,27)(H,24,25,26). The molecule has 0 saturated carbocycles. The molecule has 0 saturated heterocycles. The molecule has 7 nitrogen and oxygen atoms in total. The molecule has 0 radical (unpaired) electrons. The Hall–Kier alpha value is -3.14. The summed E-state index contributed by atoms with van der Waals surface area (Å²) in [5, 5.41) is 11.1. The van der Waals surface area contributed by atoms with Crippen LogP contribution in [0.2, 0.25) is 5.02 Å². The second-order valence-corrected chi connectivity index (χ2v) is 5.77. The number of halogens is 4. The fourth-order valence-corrected chi connectivity index (χ4v) is 2.37. The Bertz CT molecular complexity index is 945. The normalized spacial score (nSPS) is 11.3. The van der Waals surface area contributed by atoms with Gasteiger partial charge in [-0.25, -0.2) is 9.78 Å². The highest BCUT2D eigenvalue weighted by atomic mass is 35.5. The Kier molecular flexibility index (Phi) is 5.26. The topological polar surface area (TPSA) is 95.6 Å². The van der Waals surface area contributed by atoms with Gasteiger partial charge in [0.1, 0.15) is 5.82 Å².